The van der Waals surface area contributed by atoms with Crippen molar-refractivity contribution >= 4 is 11.8 Å². The topological polar surface area (TPSA) is 40.6 Å². The van der Waals surface area contributed by atoms with Crippen LogP contribution in [0.25, 0.3) is 0 Å². The molecule has 0 aromatic heterocycles. The molecule has 0 aromatic rings. The lowest BCUT2D eigenvalue weighted by molar-refractivity contribution is -0.889. The van der Waals surface area contributed by atoms with Crippen LogP contribution in [0.3, 0.4) is 0 Å². The maximum absolute atomic E-state index is 11.4. The van der Waals surface area contributed by atoms with Crippen molar-refractivity contribution in [3.05, 3.63) is 25.3 Å². The van der Waals surface area contributed by atoms with Gasteiger partial charge in [-0.25, -0.2) is 0 Å². The fourth-order valence-corrected chi connectivity index (χ4v) is 1.49. The Labute approximate surface area is 116 Å². The van der Waals surface area contributed by atoms with Crippen LogP contribution < -0.4 is 0 Å². The molecule has 19 heavy (non-hydrogen) atoms. The number of likely N-dealkylation sites (N-methyl/N-ethyl adjacent to an activating group) is 3. The Bertz CT molecular complexity index is 319. The summed E-state index contributed by atoms with van der Waals surface area (Å²) < 4.78 is 0.740. The van der Waals surface area contributed by atoms with Gasteiger partial charge in [-0.05, 0) is 12.2 Å². The molecule has 0 heterocycles. The number of carbonyl (C=O) groups is 2. The van der Waals surface area contributed by atoms with Gasteiger partial charge in [0.05, 0.1) is 40.3 Å². The number of rotatable bonds is 8. The predicted octanol–water partition coefficient (Wildman–Crippen LogP) is 0.352. The smallest absolute Gasteiger partial charge is 0.245 e. The zero-order chi connectivity index (χ0) is 15.1. The first-order chi connectivity index (χ1) is 8.73. The molecule has 0 saturated heterocycles. The third kappa shape index (κ3) is 6.76. The van der Waals surface area contributed by atoms with Gasteiger partial charge in [0.25, 0.3) is 0 Å². The summed E-state index contributed by atoms with van der Waals surface area (Å²) >= 11 is 0. The first-order valence-corrected chi connectivity index (χ1v) is 6.30. The molecule has 5 nitrogen and oxygen atoms in total. The second-order valence-corrected chi connectivity index (χ2v) is 5.31. The Morgan fingerprint density at radius 3 is 1.53 bits per heavy atom. The minimum atomic E-state index is -0.0704. The zero-order valence-corrected chi connectivity index (χ0v) is 12.6. The number of hydrogen-bond acceptors (Lipinski definition) is 2. The van der Waals surface area contributed by atoms with Crippen molar-refractivity contribution in [2.45, 2.75) is 0 Å². The number of quaternary nitrogens is 1. The van der Waals surface area contributed by atoms with E-state index in [0.717, 1.165) is 17.6 Å². The van der Waals surface area contributed by atoms with Crippen LogP contribution in [0.2, 0.25) is 0 Å². The van der Waals surface area contributed by atoms with Crippen LogP contribution in [0.5, 0.6) is 0 Å². The Morgan fingerprint density at radius 1 is 0.947 bits per heavy atom. The minimum Gasteiger partial charge on any atom is -0.337 e. The van der Waals surface area contributed by atoms with Crippen LogP contribution in [0, 0.1) is 0 Å². The summed E-state index contributed by atoms with van der Waals surface area (Å²) in [6.45, 7) is 9.91. The van der Waals surface area contributed by atoms with E-state index in [1.165, 1.54) is 12.2 Å². The molecule has 0 bridgehead atoms. The van der Waals surface area contributed by atoms with Crippen LogP contribution in [-0.4, -0.2) is 80.5 Å². The highest BCUT2D eigenvalue weighted by Gasteiger charge is 2.18. The third-order valence-electron chi connectivity index (χ3n) is 3.18. The van der Waals surface area contributed by atoms with Gasteiger partial charge in [0.15, 0.2) is 0 Å². The van der Waals surface area contributed by atoms with E-state index in [9.17, 15) is 9.59 Å². The van der Waals surface area contributed by atoms with Gasteiger partial charge in [-0.1, -0.05) is 13.2 Å². The molecule has 0 aliphatic carbocycles. The maximum atomic E-state index is 11.4. The van der Waals surface area contributed by atoms with Crippen LogP contribution in [0.4, 0.5) is 0 Å². The van der Waals surface area contributed by atoms with E-state index in [1.54, 1.807) is 23.9 Å². The summed E-state index contributed by atoms with van der Waals surface area (Å²) in [5.74, 6) is -0.141. The van der Waals surface area contributed by atoms with E-state index in [-0.39, 0.29) is 11.8 Å². The summed E-state index contributed by atoms with van der Waals surface area (Å²) in [6.07, 6.45) is 2.63. The van der Waals surface area contributed by atoms with Gasteiger partial charge >= 0.3 is 0 Å². The van der Waals surface area contributed by atoms with Crippen molar-refractivity contribution in [1.82, 2.24) is 9.80 Å². The fraction of sp³-hybridized carbons (Fsp3) is 0.571. The Balaban J connectivity index is 4.18. The molecule has 108 valence electrons. The lowest BCUT2D eigenvalue weighted by Crippen LogP contribution is -2.49. The van der Waals surface area contributed by atoms with E-state index in [2.05, 4.69) is 27.3 Å². The minimum absolute atomic E-state index is 0.0704. The first-order valence-electron chi connectivity index (χ1n) is 6.30. The number of amides is 2. The van der Waals surface area contributed by atoms with Gasteiger partial charge in [-0.15, -0.1) is 0 Å². The molecule has 0 unspecified atom stereocenters. The quantitative estimate of drug-likeness (QED) is 0.471. The lowest BCUT2D eigenvalue weighted by atomic mass is 10.3. The number of nitrogens with zero attached hydrogens (tertiary/aromatic N) is 3. The summed E-state index contributed by atoms with van der Waals surface area (Å²) in [5, 5.41) is 0. The van der Waals surface area contributed by atoms with E-state index in [1.807, 2.05) is 0 Å². The van der Waals surface area contributed by atoms with Gasteiger partial charge in [0, 0.05) is 14.1 Å². The lowest BCUT2D eigenvalue weighted by Gasteiger charge is -2.32. The maximum Gasteiger partial charge on any atom is 0.245 e. The van der Waals surface area contributed by atoms with Gasteiger partial charge in [0.1, 0.15) is 0 Å². The normalized spacial score (nSPS) is 10.7. The molecule has 2 amide bonds. The van der Waals surface area contributed by atoms with Gasteiger partial charge in [0.2, 0.25) is 11.8 Å². The van der Waals surface area contributed by atoms with Crippen LogP contribution in [0.1, 0.15) is 0 Å². The highest BCUT2D eigenvalue weighted by atomic mass is 16.2. The summed E-state index contributed by atoms with van der Waals surface area (Å²) in [5.41, 5.74) is 0. The largest absolute Gasteiger partial charge is 0.337 e. The molecule has 0 aliphatic heterocycles. The Hall–Kier alpha value is -1.62. The van der Waals surface area contributed by atoms with Crippen molar-refractivity contribution in [2.75, 3.05) is 54.4 Å². The average Bonchev–Trinajstić information content (AvgIpc) is 2.40. The van der Waals surface area contributed by atoms with Crippen LogP contribution in [0.15, 0.2) is 25.3 Å². The molecule has 0 spiro atoms. The molecule has 0 N–H and O–H groups in total. The molecule has 0 aromatic carbocycles. The van der Waals surface area contributed by atoms with Crippen LogP contribution >= 0.6 is 0 Å². The first kappa shape index (κ1) is 17.4. The van der Waals surface area contributed by atoms with E-state index >= 15 is 0 Å². The molecular formula is C14H26N3O2+. The van der Waals surface area contributed by atoms with Gasteiger partial charge in [-0.3, -0.25) is 9.59 Å². The van der Waals surface area contributed by atoms with Gasteiger partial charge < -0.3 is 14.3 Å². The molecule has 0 radical (unpaired) electrons. The molecule has 0 rings (SSSR count). The highest BCUT2D eigenvalue weighted by molar-refractivity contribution is 5.87. The second-order valence-electron chi connectivity index (χ2n) is 5.31. The summed E-state index contributed by atoms with van der Waals surface area (Å²) in [4.78, 5) is 26.0. The monoisotopic (exact) mass is 268 g/mol. The summed E-state index contributed by atoms with van der Waals surface area (Å²) in [6, 6.07) is 0. The zero-order valence-electron chi connectivity index (χ0n) is 12.6. The summed E-state index contributed by atoms with van der Waals surface area (Å²) in [7, 11) is 7.69. The highest BCUT2D eigenvalue weighted by Crippen LogP contribution is 2.00. The SMILES string of the molecule is C=CC(=O)N(C)CC[N+](C)(C)CCN(C)C(=O)C=C. The third-order valence-corrected chi connectivity index (χ3v) is 3.18. The average molecular weight is 268 g/mol. The fourth-order valence-electron chi connectivity index (χ4n) is 1.49. The van der Waals surface area contributed by atoms with Crippen LogP contribution in [-0.2, 0) is 9.59 Å². The second kappa shape index (κ2) is 7.74. The Morgan fingerprint density at radius 2 is 1.26 bits per heavy atom. The molecule has 0 aliphatic rings. The van der Waals surface area contributed by atoms with Gasteiger partial charge in [-0.2, -0.15) is 0 Å². The molecule has 5 heteroatoms. The standard InChI is InChI=1S/C14H26N3O2/c1-7-13(18)15(3)9-11-17(5,6)12-10-16(4)14(19)8-2/h7-8H,1-2,9-12H2,3-6H3/q+1. The van der Waals surface area contributed by atoms with E-state index in [0.29, 0.717) is 13.1 Å². The number of hydrogen-bond donors (Lipinski definition) is 0. The molecule has 0 fully saturated rings. The van der Waals surface area contributed by atoms with Crippen molar-refractivity contribution in [3.63, 3.8) is 0 Å². The van der Waals surface area contributed by atoms with E-state index < -0.39 is 0 Å². The molecular weight excluding hydrogens is 242 g/mol. The van der Waals surface area contributed by atoms with Crippen molar-refractivity contribution < 1.29 is 14.1 Å². The van der Waals surface area contributed by atoms with E-state index in [4.69, 9.17) is 0 Å². The Kier molecular flexibility index (Phi) is 7.08. The number of carbonyl (C=O) groups excluding carboxylic acids is 2. The van der Waals surface area contributed by atoms with Crippen molar-refractivity contribution in [3.8, 4) is 0 Å². The van der Waals surface area contributed by atoms with Crippen molar-refractivity contribution in [2.24, 2.45) is 0 Å². The molecule has 0 saturated carbocycles. The molecule has 0 atom stereocenters. The predicted molar refractivity (Wildman–Crippen MR) is 77.5 cm³/mol. The van der Waals surface area contributed by atoms with Crippen molar-refractivity contribution in [1.29, 1.82) is 0 Å².